The van der Waals surface area contributed by atoms with E-state index in [0.717, 1.165) is 5.56 Å². The van der Waals surface area contributed by atoms with Crippen molar-refractivity contribution in [3.8, 4) is 0 Å². The summed E-state index contributed by atoms with van der Waals surface area (Å²) >= 11 is 0. The lowest BCUT2D eigenvalue weighted by Crippen LogP contribution is -2.60. The molecule has 2 heterocycles. The fourth-order valence-electron chi connectivity index (χ4n) is 9.69. The molecule has 9 amide bonds. The van der Waals surface area contributed by atoms with Crippen molar-refractivity contribution in [2.45, 2.75) is 146 Å². The minimum Gasteiger partial charge on any atom is -0.481 e. The van der Waals surface area contributed by atoms with Gasteiger partial charge in [0.2, 0.25) is 53.2 Å². The van der Waals surface area contributed by atoms with E-state index in [4.69, 9.17) is 22.9 Å². The Balaban J connectivity index is 1.35. The molecule has 1 saturated heterocycles. The smallest absolute Gasteiger partial charge is 0.326 e. The third-order valence-electron chi connectivity index (χ3n) is 14.1. The molecule has 0 bridgehead atoms. The number of rotatable bonds is 33. The molecule has 4 aromatic rings. The zero-order valence-corrected chi connectivity index (χ0v) is 47.7. The number of fused-ring (bicyclic) bond motifs is 1. The molecule has 0 aliphatic carbocycles. The summed E-state index contributed by atoms with van der Waals surface area (Å²) in [5.74, 6) is -10.9. The number of hydrogen-bond donors (Lipinski definition) is 14. The third kappa shape index (κ3) is 21.1. The Morgan fingerprint density at radius 2 is 1.18 bits per heavy atom. The lowest BCUT2D eigenvalue weighted by atomic mass is 10.0. The van der Waals surface area contributed by atoms with Crippen LogP contribution in [0.25, 0.3) is 10.9 Å². The maximum absolute atomic E-state index is 14.7. The van der Waals surface area contributed by atoms with Crippen LogP contribution in [0.2, 0.25) is 0 Å². The first-order valence-electron chi connectivity index (χ1n) is 28.0. The van der Waals surface area contributed by atoms with Gasteiger partial charge in [0.25, 0.3) is 0 Å². The van der Waals surface area contributed by atoms with E-state index in [1.807, 2.05) is 32.0 Å². The molecule has 3 aromatic carbocycles. The quantitative estimate of drug-likeness (QED) is 0.0152. The standard InChI is InChI=1S/C58H78N14O13/c1-32(2)26-45(71-49(76)33(3)65-51(78)40(20-12-24-63-58(61)62)66-50(77)38(59)27-34-14-6-4-7-15-34)56(83)72-25-13-21-46(72)55(82)70-42(28-35-16-8-5-9-17-35)52(79)68-43(29-36-31-64-39-19-11-10-18-37(36)39)53(80)69-44(30-48(74)75)54(81)67-41(57(84)85)22-23-47(60)73/h4-11,14-19,31-33,38,40-46,64H,12-13,20-30,59H2,1-3H3,(H2,60,73)(H,65,78)(H,66,77)(H,67,81)(H,68,79)(H,69,80)(H,70,82)(H,71,76)(H,74,75)(H,84,85)(H4,61,62,63)/t33-,38-,40-,41-,42-,43-,44-,45-,46-/m0/s1. The molecule has 85 heavy (non-hydrogen) atoms. The maximum atomic E-state index is 14.7. The van der Waals surface area contributed by atoms with Gasteiger partial charge in [-0.25, -0.2) is 4.79 Å². The lowest BCUT2D eigenvalue weighted by molar-refractivity contribution is -0.144. The second-order valence-corrected chi connectivity index (χ2v) is 21.4. The highest BCUT2D eigenvalue weighted by atomic mass is 16.4. The summed E-state index contributed by atoms with van der Waals surface area (Å²) in [7, 11) is 0. The Morgan fingerprint density at radius 3 is 1.79 bits per heavy atom. The fourth-order valence-corrected chi connectivity index (χ4v) is 9.69. The van der Waals surface area contributed by atoms with Crippen molar-refractivity contribution in [1.82, 2.24) is 47.1 Å². The minimum absolute atomic E-state index is 0.0676. The number of carbonyl (C=O) groups excluding carboxylic acids is 9. The van der Waals surface area contributed by atoms with Crippen LogP contribution in [-0.2, 0) is 72.0 Å². The SMILES string of the molecule is CC(C)C[C@H](NC(=O)[C@H](C)NC(=O)[C@H](CCCN=C(N)N)NC(=O)[C@@H](N)Cc1ccccc1)C(=O)N1CCC[C@H]1C(=O)N[C@@H](Cc1ccccc1)C(=O)N[C@@H](Cc1c[nH]c2ccccc12)C(=O)N[C@@H](CC(=O)O)C(=O)N[C@@H](CCC(N)=O)C(=O)O. The predicted molar refractivity (Wildman–Crippen MR) is 312 cm³/mol. The zero-order chi connectivity index (χ0) is 62.3. The number of nitrogens with zero attached hydrogens (tertiary/aromatic N) is 2. The average Bonchev–Trinajstić information content (AvgIpc) is 4.20. The molecule has 9 atom stereocenters. The van der Waals surface area contributed by atoms with Crippen LogP contribution < -0.4 is 60.2 Å². The summed E-state index contributed by atoms with van der Waals surface area (Å²) in [6.45, 7) is 5.29. The maximum Gasteiger partial charge on any atom is 0.326 e. The van der Waals surface area contributed by atoms with Crippen molar-refractivity contribution < 1.29 is 63.0 Å². The molecule has 27 nitrogen and oxygen atoms in total. The number of para-hydroxylation sites is 1. The highest BCUT2D eigenvalue weighted by Crippen LogP contribution is 2.23. The van der Waals surface area contributed by atoms with Gasteiger partial charge < -0.3 is 80.2 Å². The number of likely N-dealkylation sites (tertiary alicyclic amines) is 1. The molecule has 1 aromatic heterocycles. The van der Waals surface area contributed by atoms with Crippen molar-refractivity contribution in [2.75, 3.05) is 13.1 Å². The molecule has 18 N–H and O–H groups in total. The summed E-state index contributed by atoms with van der Waals surface area (Å²) < 4.78 is 0. The van der Waals surface area contributed by atoms with E-state index >= 15 is 0 Å². The first-order chi connectivity index (χ1) is 40.4. The van der Waals surface area contributed by atoms with Crippen LogP contribution in [-0.4, -0.2) is 159 Å². The first kappa shape index (κ1) is 66.4. The van der Waals surface area contributed by atoms with Gasteiger partial charge in [-0.3, -0.25) is 52.9 Å². The largest absolute Gasteiger partial charge is 0.481 e. The summed E-state index contributed by atoms with van der Waals surface area (Å²) in [4.78, 5) is 157. The molecule has 27 heteroatoms. The van der Waals surface area contributed by atoms with Gasteiger partial charge in [0.1, 0.15) is 48.3 Å². The van der Waals surface area contributed by atoms with E-state index in [1.165, 1.54) is 11.8 Å². The highest BCUT2D eigenvalue weighted by molar-refractivity contribution is 5.99. The number of carboxylic acids is 2. The van der Waals surface area contributed by atoms with E-state index < -0.39 is 139 Å². The van der Waals surface area contributed by atoms with Gasteiger partial charge in [-0.05, 0) is 80.5 Å². The number of carbonyl (C=O) groups is 11. The van der Waals surface area contributed by atoms with E-state index in [0.29, 0.717) is 28.5 Å². The van der Waals surface area contributed by atoms with Crippen molar-refractivity contribution in [3.63, 3.8) is 0 Å². The molecule has 1 fully saturated rings. The van der Waals surface area contributed by atoms with Crippen molar-refractivity contribution in [3.05, 3.63) is 108 Å². The van der Waals surface area contributed by atoms with Gasteiger partial charge in [0.15, 0.2) is 5.96 Å². The number of nitrogens with two attached hydrogens (primary N) is 4. The van der Waals surface area contributed by atoms with E-state index in [2.05, 4.69) is 47.2 Å². The van der Waals surface area contributed by atoms with E-state index in [-0.39, 0.29) is 69.9 Å². The van der Waals surface area contributed by atoms with Crippen molar-refractivity contribution >= 4 is 82.0 Å². The number of carboxylic acid groups (broad SMARTS) is 2. The summed E-state index contributed by atoms with van der Waals surface area (Å²) in [5.41, 5.74) is 24.9. The number of primary amides is 1. The van der Waals surface area contributed by atoms with Crippen LogP contribution in [0, 0.1) is 5.92 Å². The Kier molecular flexibility index (Phi) is 25.3. The lowest BCUT2D eigenvalue weighted by Gasteiger charge is -2.31. The molecular weight excluding hydrogens is 1100 g/mol. The monoisotopic (exact) mass is 1180 g/mol. The fraction of sp³-hybridized carbons (Fsp3) is 0.448. The number of H-pyrrole nitrogens is 1. The van der Waals surface area contributed by atoms with Gasteiger partial charge in [0, 0.05) is 49.5 Å². The second kappa shape index (κ2) is 32.4. The normalized spacial score (nSPS) is 15.7. The first-order valence-corrected chi connectivity index (χ1v) is 28.0. The third-order valence-corrected chi connectivity index (χ3v) is 14.1. The van der Waals surface area contributed by atoms with Gasteiger partial charge in [-0.2, -0.15) is 0 Å². The summed E-state index contributed by atoms with van der Waals surface area (Å²) in [6, 6.07) is 12.3. The molecule has 5 rings (SSSR count). The molecule has 1 aliphatic rings. The van der Waals surface area contributed by atoms with Gasteiger partial charge in [0.05, 0.1) is 12.5 Å². The minimum atomic E-state index is -1.89. The summed E-state index contributed by atoms with van der Waals surface area (Å²) in [5, 5.41) is 38.2. The number of nitrogens with one attached hydrogen (secondary N) is 8. The van der Waals surface area contributed by atoms with Crippen LogP contribution in [0.5, 0.6) is 0 Å². The molecular formula is C58H78N14O13. The summed E-state index contributed by atoms with van der Waals surface area (Å²) in [6.07, 6.45) is 0.453. The number of hydrogen-bond acceptors (Lipinski definition) is 13. The van der Waals surface area contributed by atoms with Crippen molar-refractivity contribution in [2.24, 2.45) is 33.8 Å². The topological polar surface area (TPSA) is 448 Å². The number of guanidine groups is 1. The van der Waals surface area contributed by atoms with Gasteiger partial charge in [-0.1, -0.05) is 92.7 Å². The number of aromatic amines is 1. The van der Waals surface area contributed by atoms with Gasteiger partial charge in [-0.15, -0.1) is 0 Å². The second-order valence-electron chi connectivity index (χ2n) is 21.4. The van der Waals surface area contributed by atoms with Crippen molar-refractivity contribution in [1.29, 1.82) is 0 Å². The molecule has 0 radical (unpaired) electrons. The zero-order valence-electron chi connectivity index (χ0n) is 47.7. The highest BCUT2D eigenvalue weighted by Gasteiger charge is 2.41. The Labute approximate surface area is 491 Å². The van der Waals surface area contributed by atoms with Crippen LogP contribution >= 0.6 is 0 Å². The van der Waals surface area contributed by atoms with Crippen LogP contribution in [0.15, 0.2) is 96.1 Å². The molecule has 0 spiro atoms. The molecule has 458 valence electrons. The van der Waals surface area contributed by atoms with Gasteiger partial charge >= 0.3 is 11.9 Å². The van der Waals surface area contributed by atoms with Crippen LogP contribution in [0.3, 0.4) is 0 Å². The molecule has 1 aliphatic heterocycles. The van der Waals surface area contributed by atoms with Crippen LogP contribution in [0.4, 0.5) is 0 Å². The predicted octanol–water partition coefficient (Wildman–Crippen LogP) is -1.15. The number of benzene rings is 3. The Morgan fingerprint density at radius 1 is 0.624 bits per heavy atom. The number of amides is 9. The van der Waals surface area contributed by atoms with E-state index in [9.17, 15) is 63.0 Å². The number of aliphatic carboxylic acids is 2. The van der Waals surface area contributed by atoms with Crippen LogP contribution in [0.1, 0.15) is 88.8 Å². The number of aromatic nitrogens is 1. The average molecular weight is 1180 g/mol. The molecule has 0 unspecified atom stereocenters. The Bertz CT molecular complexity index is 3030. The molecule has 0 saturated carbocycles. The number of aliphatic imine (C=N–C) groups is 1. The van der Waals surface area contributed by atoms with E-state index in [1.54, 1.807) is 72.9 Å². The Hall–Kier alpha value is -9.40.